The van der Waals surface area contributed by atoms with Crippen molar-refractivity contribution in [2.24, 2.45) is 11.8 Å². The van der Waals surface area contributed by atoms with Gasteiger partial charge in [-0.25, -0.2) is 0 Å². The number of amides is 1. The Hall–Kier alpha value is -2.05. The molecule has 6 atom stereocenters. The minimum Gasteiger partial charge on any atom is -0.493 e. The normalized spacial score (nSPS) is 41.0. The van der Waals surface area contributed by atoms with Gasteiger partial charge in [0, 0.05) is 30.0 Å². The van der Waals surface area contributed by atoms with E-state index in [0.29, 0.717) is 36.7 Å². The number of ether oxygens (including phenoxy) is 3. The zero-order valence-corrected chi connectivity index (χ0v) is 16.9. The first-order valence-corrected chi connectivity index (χ1v) is 10.8. The van der Waals surface area contributed by atoms with Crippen LogP contribution in [0.15, 0.2) is 23.8 Å². The van der Waals surface area contributed by atoms with Crippen LogP contribution in [0.5, 0.6) is 11.5 Å². The number of nitrogens with zero attached hydrogens (tertiary/aromatic N) is 2. The number of fused-ring (bicyclic) bond motifs is 2. The minimum absolute atomic E-state index is 0.0242. The Morgan fingerprint density at radius 1 is 1.21 bits per heavy atom. The zero-order chi connectivity index (χ0) is 19.5. The Bertz CT molecular complexity index is 974. The van der Waals surface area contributed by atoms with Crippen LogP contribution in [-0.2, 0) is 14.9 Å². The van der Waals surface area contributed by atoms with E-state index in [1.807, 2.05) is 6.07 Å². The maximum Gasteiger partial charge on any atom is 0.229 e. The lowest BCUT2D eigenvalue weighted by Crippen LogP contribution is -2.69. The molecular weight excluding hydrogens is 368 g/mol. The van der Waals surface area contributed by atoms with Crippen molar-refractivity contribution in [1.29, 1.82) is 0 Å². The van der Waals surface area contributed by atoms with Gasteiger partial charge in [-0.2, -0.15) is 0 Å². The van der Waals surface area contributed by atoms with Gasteiger partial charge in [0.15, 0.2) is 11.5 Å². The molecule has 1 amide bonds. The molecule has 2 bridgehead atoms. The molecule has 6 aliphatic rings. The summed E-state index contributed by atoms with van der Waals surface area (Å²) in [6, 6.07) is 4.87. The second-order valence-corrected chi connectivity index (χ2v) is 9.48. The van der Waals surface area contributed by atoms with Crippen molar-refractivity contribution in [3.8, 4) is 11.5 Å². The van der Waals surface area contributed by atoms with E-state index in [1.165, 1.54) is 12.0 Å². The van der Waals surface area contributed by atoms with Crippen LogP contribution < -0.4 is 14.4 Å². The molecule has 3 saturated heterocycles. The Morgan fingerprint density at radius 3 is 2.86 bits per heavy atom. The SMILES string of the molecule is COc1cc2c(cc1OC)[C@]13CCN4CC5=CCO[C@@H]6CC(=O)N2[C@H]1[C@@H]6[C@@H]5C[C@@H]43. The fourth-order valence-corrected chi connectivity index (χ4v) is 7.87. The number of carbonyl (C=O) groups excluding carboxylic acids is 1. The molecule has 0 N–H and O–H groups in total. The van der Waals surface area contributed by atoms with Crippen LogP contribution >= 0.6 is 0 Å². The molecule has 1 saturated carbocycles. The van der Waals surface area contributed by atoms with Crippen LogP contribution in [0.2, 0.25) is 0 Å². The van der Waals surface area contributed by atoms with Gasteiger partial charge < -0.3 is 19.1 Å². The van der Waals surface area contributed by atoms with E-state index in [9.17, 15) is 4.79 Å². The maximum absolute atomic E-state index is 13.5. The van der Waals surface area contributed by atoms with E-state index in [2.05, 4.69) is 21.9 Å². The largest absolute Gasteiger partial charge is 0.493 e. The van der Waals surface area contributed by atoms with Crippen molar-refractivity contribution in [3.05, 3.63) is 29.3 Å². The van der Waals surface area contributed by atoms with E-state index in [1.54, 1.807) is 19.8 Å². The molecule has 1 aromatic rings. The summed E-state index contributed by atoms with van der Waals surface area (Å²) in [5.41, 5.74) is 3.85. The number of hydrogen-bond acceptors (Lipinski definition) is 5. The summed E-state index contributed by atoms with van der Waals surface area (Å²) in [6.45, 7) is 2.80. The summed E-state index contributed by atoms with van der Waals surface area (Å²) in [5.74, 6) is 2.57. The minimum atomic E-state index is -0.0242. The van der Waals surface area contributed by atoms with Crippen molar-refractivity contribution in [2.45, 2.75) is 42.9 Å². The number of rotatable bonds is 2. The first-order chi connectivity index (χ1) is 14.2. The Labute approximate surface area is 170 Å². The van der Waals surface area contributed by atoms with Crippen molar-refractivity contribution in [2.75, 3.05) is 38.8 Å². The topological polar surface area (TPSA) is 51.2 Å². The fourth-order valence-electron chi connectivity index (χ4n) is 7.87. The number of carbonyl (C=O) groups is 1. The van der Waals surface area contributed by atoms with Crippen molar-refractivity contribution >= 4 is 11.6 Å². The molecule has 0 unspecified atom stereocenters. The van der Waals surface area contributed by atoms with Crippen molar-refractivity contribution in [3.63, 3.8) is 0 Å². The average molecular weight is 394 g/mol. The third-order valence-electron chi connectivity index (χ3n) is 8.81. The van der Waals surface area contributed by atoms with Crippen LogP contribution in [-0.4, -0.2) is 62.9 Å². The molecule has 4 fully saturated rings. The molecule has 7 rings (SSSR count). The van der Waals surface area contributed by atoms with Gasteiger partial charge >= 0.3 is 0 Å². The predicted molar refractivity (Wildman–Crippen MR) is 107 cm³/mol. The maximum atomic E-state index is 13.5. The molecule has 1 aromatic carbocycles. The second-order valence-electron chi connectivity index (χ2n) is 9.48. The van der Waals surface area contributed by atoms with Crippen LogP contribution in [0.4, 0.5) is 5.69 Å². The molecule has 5 heterocycles. The molecule has 152 valence electrons. The zero-order valence-electron chi connectivity index (χ0n) is 16.9. The number of hydrogen-bond donors (Lipinski definition) is 0. The molecule has 6 heteroatoms. The third kappa shape index (κ3) is 1.76. The van der Waals surface area contributed by atoms with E-state index in [-0.39, 0.29) is 23.5 Å². The van der Waals surface area contributed by atoms with Gasteiger partial charge in [-0.3, -0.25) is 9.69 Å². The van der Waals surface area contributed by atoms with Crippen LogP contribution in [0, 0.1) is 11.8 Å². The second kappa shape index (κ2) is 5.35. The number of benzene rings is 1. The van der Waals surface area contributed by atoms with Gasteiger partial charge in [0.2, 0.25) is 5.91 Å². The first kappa shape index (κ1) is 16.7. The van der Waals surface area contributed by atoms with Gasteiger partial charge in [-0.15, -0.1) is 0 Å². The molecule has 1 spiro atoms. The standard InChI is InChI=1S/C23H26N2O4/c1-27-16-8-14-15(9-17(16)28-2)25-20(26)10-18-21-13-7-19-23(14,22(21)25)4-5-24(19)11-12(13)3-6-29-18/h3,8-9,13,18-19,21-22H,4-7,10-11H2,1-2H3/t13-,18-,19-,21-,22+,23+/m1/s1. The summed E-state index contributed by atoms with van der Waals surface area (Å²) in [5, 5.41) is 0. The molecule has 0 radical (unpaired) electrons. The van der Waals surface area contributed by atoms with Crippen LogP contribution in [0.25, 0.3) is 0 Å². The van der Waals surface area contributed by atoms with Gasteiger partial charge in [0.1, 0.15) is 0 Å². The Kier molecular flexibility index (Phi) is 3.08. The predicted octanol–water partition coefficient (Wildman–Crippen LogP) is 2.11. The van der Waals surface area contributed by atoms with E-state index in [0.717, 1.165) is 30.9 Å². The molecular formula is C23H26N2O4. The molecule has 5 aliphatic heterocycles. The summed E-state index contributed by atoms with van der Waals surface area (Å²) < 4.78 is 17.6. The summed E-state index contributed by atoms with van der Waals surface area (Å²) >= 11 is 0. The van der Waals surface area contributed by atoms with Crippen LogP contribution in [0.3, 0.4) is 0 Å². The summed E-state index contributed by atoms with van der Waals surface area (Å²) in [6.07, 6.45) is 5.11. The molecule has 29 heavy (non-hydrogen) atoms. The molecule has 1 aliphatic carbocycles. The molecule has 6 nitrogen and oxygen atoms in total. The van der Waals surface area contributed by atoms with Gasteiger partial charge in [-0.1, -0.05) is 11.6 Å². The van der Waals surface area contributed by atoms with E-state index in [4.69, 9.17) is 14.2 Å². The number of piperidine rings is 2. The van der Waals surface area contributed by atoms with E-state index < -0.39 is 0 Å². The lowest BCUT2D eigenvalue weighted by atomic mass is 9.53. The number of methoxy groups -OCH3 is 2. The highest BCUT2D eigenvalue weighted by atomic mass is 16.5. The lowest BCUT2D eigenvalue weighted by molar-refractivity contribution is -0.132. The molecule has 0 aromatic heterocycles. The Morgan fingerprint density at radius 2 is 2.03 bits per heavy atom. The summed E-state index contributed by atoms with van der Waals surface area (Å²) in [7, 11) is 3.36. The highest BCUT2D eigenvalue weighted by Crippen LogP contribution is 2.66. The van der Waals surface area contributed by atoms with Gasteiger partial charge in [0.25, 0.3) is 0 Å². The number of anilines is 1. The van der Waals surface area contributed by atoms with E-state index >= 15 is 0 Å². The quantitative estimate of drug-likeness (QED) is 0.719. The lowest BCUT2D eigenvalue weighted by Gasteiger charge is -2.58. The van der Waals surface area contributed by atoms with Crippen LogP contribution in [0.1, 0.15) is 24.8 Å². The smallest absolute Gasteiger partial charge is 0.229 e. The fraction of sp³-hybridized carbons (Fsp3) is 0.609. The monoisotopic (exact) mass is 394 g/mol. The highest BCUT2D eigenvalue weighted by Gasteiger charge is 2.71. The summed E-state index contributed by atoms with van der Waals surface area (Å²) in [4.78, 5) is 18.3. The van der Waals surface area contributed by atoms with Crippen molar-refractivity contribution in [1.82, 2.24) is 4.90 Å². The first-order valence-electron chi connectivity index (χ1n) is 10.8. The highest BCUT2D eigenvalue weighted by molar-refractivity contribution is 5.99. The third-order valence-corrected chi connectivity index (χ3v) is 8.81. The van der Waals surface area contributed by atoms with Gasteiger partial charge in [0.05, 0.1) is 45.1 Å². The Balaban J connectivity index is 1.52. The van der Waals surface area contributed by atoms with Gasteiger partial charge in [-0.05, 0) is 36.9 Å². The van der Waals surface area contributed by atoms with Crippen molar-refractivity contribution < 1.29 is 19.0 Å². The average Bonchev–Trinajstić information content (AvgIpc) is 3.20.